The van der Waals surface area contributed by atoms with Crippen LogP contribution in [0, 0.1) is 11.3 Å². The van der Waals surface area contributed by atoms with Crippen LogP contribution in [0.1, 0.15) is 77.8 Å². The number of ether oxygens (including phenoxy) is 6. The molecule has 5 rings (SSSR count). The van der Waals surface area contributed by atoms with Crippen LogP contribution < -0.4 is 20.5 Å². The molecule has 16 heteroatoms. The predicted octanol–water partition coefficient (Wildman–Crippen LogP) is 7.19. The largest absolute Gasteiger partial charge is 0.497 e. The van der Waals surface area contributed by atoms with Crippen molar-refractivity contribution < 1.29 is 42.5 Å². The maximum atomic E-state index is 13.7. The number of rotatable bonds is 20. The topological polar surface area (TPSA) is 173 Å². The molecule has 332 valence electrons. The monoisotopic (exact) mass is 871 g/mol. The Morgan fingerprint density at radius 3 is 1.94 bits per heavy atom. The standard InChI is InChI=1S/C46H58N5O10P/c1-30(2)51(31(3)4)62(29-40(53)60-45(6,7)25-26-47)61-41-38(59-43(42(41)57-10)50-27-24-39(48-32(5)52)49-44(50)54)28-58-46(33-14-12-11-13-15-33,34-16-20-36(55-8)21-17-34)35-18-22-37(56-9)23-19-35/h11-24,27,30-31,38,41-43H,25,28-29H2,1-10H3,(H,48,49,52,54)/t38-,41-,42-,43-,62?/m1/s1. The van der Waals surface area contributed by atoms with Gasteiger partial charge in [-0.25, -0.2) is 4.79 Å². The Kier molecular flexibility index (Phi) is 16.4. The van der Waals surface area contributed by atoms with E-state index in [0.717, 1.165) is 16.7 Å². The highest BCUT2D eigenvalue weighted by Gasteiger charge is 2.51. The maximum absolute atomic E-state index is 13.7. The first kappa shape index (κ1) is 47.8. The van der Waals surface area contributed by atoms with E-state index in [1.165, 1.54) is 30.9 Å². The van der Waals surface area contributed by atoms with E-state index in [-0.39, 0.29) is 43.0 Å². The molecule has 0 spiro atoms. The predicted molar refractivity (Wildman–Crippen MR) is 235 cm³/mol. The van der Waals surface area contributed by atoms with Crippen molar-refractivity contribution in [2.75, 3.05) is 39.4 Å². The van der Waals surface area contributed by atoms with Crippen molar-refractivity contribution in [2.24, 2.45) is 0 Å². The van der Waals surface area contributed by atoms with Crippen molar-refractivity contribution in [1.82, 2.24) is 14.2 Å². The summed E-state index contributed by atoms with van der Waals surface area (Å²) in [6.07, 6.45) is -2.50. The highest BCUT2D eigenvalue weighted by Crippen LogP contribution is 2.50. The number of anilines is 1. The van der Waals surface area contributed by atoms with Crippen LogP contribution in [0.2, 0.25) is 0 Å². The number of nitrogens with one attached hydrogen (secondary N) is 1. The van der Waals surface area contributed by atoms with E-state index < -0.39 is 55.7 Å². The summed E-state index contributed by atoms with van der Waals surface area (Å²) in [6.45, 7) is 12.7. The van der Waals surface area contributed by atoms with E-state index in [1.807, 2.05) is 107 Å². The zero-order valence-electron chi connectivity index (χ0n) is 37.1. The fourth-order valence-electron chi connectivity index (χ4n) is 7.68. The lowest BCUT2D eigenvalue weighted by Crippen LogP contribution is -2.43. The Bertz CT molecular complexity index is 2140. The van der Waals surface area contributed by atoms with E-state index in [4.69, 9.17) is 32.9 Å². The Morgan fingerprint density at radius 1 is 0.887 bits per heavy atom. The minimum atomic E-state index is -1.79. The number of aromatic nitrogens is 2. The van der Waals surface area contributed by atoms with Crippen LogP contribution in [0.5, 0.6) is 11.5 Å². The van der Waals surface area contributed by atoms with Crippen molar-refractivity contribution in [1.29, 1.82) is 5.26 Å². The van der Waals surface area contributed by atoms with Gasteiger partial charge in [0.25, 0.3) is 0 Å². The zero-order valence-corrected chi connectivity index (χ0v) is 38.0. The van der Waals surface area contributed by atoms with Crippen LogP contribution in [0.25, 0.3) is 0 Å². The second kappa shape index (κ2) is 21.3. The molecule has 0 bridgehead atoms. The Morgan fingerprint density at radius 2 is 1.45 bits per heavy atom. The van der Waals surface area contributed by atoms with Crippen molar-refractivity contribution in [2.45, 2.75) is 103 Å². The lowest BCUT2D eigenvalue weighted by atomic mass is 9.80. The second-order valence-electron chi connectivity index (χ2n) is 16.0. The lowest BCUT2D eigenvalue weighted by Gasteiger charge is -2.40. The van der Waals surface area contributed by atoms with E-state index in [2.05, 4.69) is 21.0 Å². The number of carbonyl (C=O) groups is 2. The van der Waals surface area contributed by atoms with Gasteiger partial charge in [0.1, 0.15) is 61.3 Å². The van der Waals surface area contributed by atoms with E-state index >= 15 is 0 Å². The first-order chi connectivity index (χ1) is 29.6. The summed E-state index contributed by atoms with van der Waals surface area (Å²) in [7, 11) is 2.93. The summed E-state index contributed by atoms with van der Waals surface area (Å²) in [6, 6.07) is 28.5. The van der Waals surface area contributed by atoms with Gasteiger partial charge in [0.2, 0.25) is 5.91 Å². The molecule has 1 unspecified atom stereocenters. The summed E-state index contributed by atoms with van der Waals surface area (Å²) >= 11 is 0. The third-order valence-corrected chi connectivity index (χ3v) is 12.8. The Labute approximate surface area is 365 Å². The van der Waals surface area contributed by atoms with Gasteiger partial charge in [-0.05, 0) is 88.6 Å². The lowest BCUT2D eigenvalue weighted by molar-refractivity contribution is -0.152. The average molecular weight is 872 g/mol. The van der Waals surface area contributed by atoms with E-state index in [1.54, 1.807) is 28.1 Å². The molecule has 5 atom stereocenters. The molecule has 0 saturated carbocycles. The minimum Gasteiger partial charge on any atom is -0.497 e. The number of esters is 1. The molecular formula is C46H58N5O10P. The normalized spacial score (nSPS) is 18.4. The van der Waals surface area contributed by atoms with Crippen molar-refractivity contribution in [3.63, 3.8) is 0 Å². The molecule has 0 radical (unpaired) electrons. The number of benzene rings is 3. The molecule has 1 aliphatic heterocycles. The fourth-order valence-corrected chi connectivity index (χ4v) is 9.88. The molecule has 62 heavy (non-hydrogen) atoms. The molecule has 1 fully saturated rings. The first-order valence-electron chi connectivity index (χ1n) is 20.4. The highest BCUT2D eigenvalue weighted by atomic mass is 31.2. The van der Waals surface area contributed by atoms with Crippen LogP contribution in [0.15, 0.2) is 95.9 Å². The second-order valence-corrected chi connectivity index (χ2v) is 17.7. The van der Waals surface area contributed by atoms with Gasteiger partial charge >= 0.3 is 11.7 Å². The molecule has 1 N–H and O–H groups in total. The molecule has 0 aliphatic carbocycles. The molecule has 1 aliphatic rings. The van der Waals surface area contributed by atoms with Crippen LogP contribution >= 0.6 is 8.30 Å². The van der Waals surface area contributed by atoms with Gasteiger partial charge in [0, 0.05) is 32.3 Å². The van der Waals surface area contributed by atoms with Gasteiger partial charge in [0.05, 0.1) is 33.3 Å². The molecule has 2 heterocycles. The number of carbonyl (C=O) groups excluding carboxylic acids is 2. The summed E-state index contributed by atoms with van der Waals surface area (Å²) in [5.41, 5.74) is -0.577. The molecule has 3 aromatic carbocycles. The Balaban J connectivity index is 1.66. The van der Waals surface area contributed by atoms with Gasteiger partial charge < -0.3 is 38.3 Å². The van der Waals surface area contributed by atoms with Crippen molar-refractivity contribution in [3.05, 3.63) is 118 Å². The van der Waals surface area contributed by atoms with Gasteiger partial charge in [-0.15, -0.1) is 0 Å². The summed E-state index contributed by atoms with van der Waals surface area (Å²) in [4.78, 5) is 43.3. The number of hydrogen-bond donors (Lipinski definition) is 1. The molecule has 4 aromatic rings. The summed E-state index contributed by atoms with van der Waals surface area (Å²) in [5.74, 6) is 0.489. The third-order valence-electron chi connectivity index (χ3n) is 10.3. The van der Waals surface area contributed by atoms with Gasteiger partial charge in [-0.1, -0.05) is 54.6 Å². The Hall–Kier alpha value is -5.20. The van der Waals surface area contributed by atoms with Gasteiger partial charge in [0.15, 0.2) is 6.23 Å². The fraction of sp³-hybridized carbons (Fsp3) is 0.457. The molecular weight excluding hydrogens is 814 g/mol. The SMILES string of the molecule is COc1ccc(C(OC[C@H]2O[C@@H](n3ccc(NC(C)=O)nc3=O)[C@H](OC)[C@@H]2OP(CC(=O)OC(C)(C)CC#N)N(C(C)C)C(C)C)(c2ccccc2)c2ccc(OC)cc2)cc1. The van der Waals surface area contributed by atoms with Crippen LogP contribution in [-0.4, -0.2) is 96.2 Å². The molecule has 1 saturated heterocycles. The number of amides is 1. The number of hydrogen-bond acceptors (Lipinski definition) is 13. The number of methoxy groups -OCH3 is 3. The van der Waals surface area contributed by atoms with Crippen LogP contribution in [0.3, 0.4) is 0 Å². The van der Waals surface area contributed by atoms with Gasteiger partial charge in [-0.3, -0.25) is 18.8 Å². The highest BCUT2D eigenvalue weighted by molar-refractivity contribution is 7.51. The smallest absolute Gasteiger partial charge is 0.351 e. The quantitative estimate of drug-likeness (QED) is 0.0538. The summed E-state index contributed by atoms with van der Waals surface area (Å²) < 4.78 is 47.8. The average Bonchev–Trinajstić information content (AvgIpc) is 3.57. The summed E-state index contributed by atoms with van der Waals surface area (Å²) in [5, 5.41) is 11.9. The van der Waals surface area contributed by atoms with Crippen LogP contribution in [-0.2, 0) is 38.7 Å². The van der Waals surface area contributed by atoms with Crippen molar-refractivity contribution in [3.8, 4) is 17.6 Å². The first-order valence-corrected chi connectivity index (χ1v) is 21.8. The maximum Gasteiger partial charge on any atom is 0.351 e. The third kappa shape index (κ3) is 11.2. The number of nitrogens with zero attached hydrogens (tertiary/aromatic N) is 4. The molecule has 15 nitrogen and oxygen atoms in total. The zero-order chi connectivity index (χ0) is 45.2. The number of nitriles is 1. The van der Waals surface area contributed by atoms with Gasteiger partial charge in [-0.2, -0.15) is 10.2 Å². The van der Waals surface area contributed by atoms with Crippen molar-refractivity contribution >= 4 is 26.0 Å². The molecule has 1 aromatic heterocycles. The van der Waals surface area contributed by atoms with E-state index in [9.17, 15) is 19.6 Å². The van der Waals surface area contributed by atoms with E-state index in [0.29, 0.717) is 11.5 Å². The minimum absolute atomic E-state index is 0.00791. The molecule has 1 amide bonds. The van der Waals surface area contributed by atoms with Crippen LogP contribution in [0.4, 0.5) is 5.82 Å².